The van der Waals surface area contributed by atoms with Crippen LogP contribution in [0.2, 0.25) is 0 Å². The summed E-state index contributed by atoms with van der Waals surface area (Å²) in [4.78, 5) is 4.53. The molecule has 0 aromatic carbocycles. The van der Waals surface area contributed by atoms with Gasteiger partial charge in [0.15, 0.2) is 0 Å². The maximum atomic E-state index is 6.49. The third kappa shape index (κ3) is 3.06. The van der Waals surface area contributed by atoms with Gasteiger partial charge in [-0.1, -0.05) is 26.3 Å². The van der Waals surface area contributed by atoms with Crippen LogP contribution in [0.5, 0.6) is 0 Å². The van der Waals surface area contributed by atoms with Crippen molar-refractivity contribution in [3.8, 4) is 0 Å². The summed E-state index contributed by atoms with van der Waals surface area (Å²) >= 11 is 0. The van der Waals surface area contributed by atoms with E-state index in [0.29, 0.717) is 0 Å². The molecule has 0 bridgehead atoms. The van der Waals surface area contributed by atoms with Crippen LogP contribution in [-0.2, 0) is 12.8 Å². The van der Waals surface area contributed by atoms with E-state index in [4.69, 9.17) is 5.73 Å². The van der Waals surface area contributed by atoms with E-state index in [-0.39, 0.29) is 5.54 Å². The Morgan fingerprint density at radius 3 is 2.76 bits per heavy atom. The minimum Gasteiger partial charge on any atom is -0.325 e. The fourth-order valence-corrected chi connectivity index (χ4v) is 2.91. The van der Waals surface area contributed by atoms with Gasteiger partial charge in [0.25, 0.3) is 0 Å². The maximum absolute atomic E-state index is 6.49. The van der Waals surface area contributed by atoms with E-state index in [2.05, 4.69) is 31.0 Å². The van der Waals surface area contributed by atoms with E-state index in [1.807, 2.05) is 6.20 Å². The molecular formula is C15H24N2. The first-order valence-corrected chi connectivity index (χ1v) is 6.88. The number of rotatable bonds is 4. The Morgan fingerprint density at radius 1 is 1.41 bits per heavy atom. The van der Waals surface area contributed by atoms with Gasteiger partial charge in [-0.2, -0.15) is 0 Å². The number of aryl methyl sites for hydroxylation is 1. The van der Waals surface area contributed by atoms with Crippen molar-refractivity contribution in [2.45, 2.75) is 57.9 Å². The number of hydrogen-bond donors (Lipinski definition) is 1. The summed E-state index contributed by atoms with van der Waals surface area (Å²) < 4.78 is 0. The van der Waals surface area contributed by atoms with Crippen LogP contribution in [-0.4, -0.2) is 10.5 Å². The van der Waals surface area contributed by atoms with Crippen LogP contribution in [0, 0.1) is 5.92 Å². The average molecular weight is 232 g/mol. The van der Waals surface area contributed by atoms with Crippen molar-refractivity contribution in [1.82, 2.24) is 4.98 Å². The van der Waals surface area contributed by atoms with E-state index < -0.39 is 0 Å². The molecule has 1 saturated carbocycles. The summed E-state index contributed by atoms with van der Waals surface area (Å²) in [6.07, 6.45) is 8.86. The fraction of sp³-hybridized carbons (Fsp3) is 0.667. The van der Waals surface area contributed by atoms with Gasteiger partial charge in [0.1, 0.15) is 0 Å². The van der Waals surface area contributed by atoms with Gasteiger partial charge in [0.2, 0.25) is 0 Å². The predicted molar refractivity (Wildman–Crippen MR) is 71.9 cm³/mol. The van der Waals surface area contributed by atoms with Crippen molar-refractivity contribution < 1.29 is 0 Å². The summed E-state index contributed by atoms with van der Waals surface area (Å²) in [6, 6.07) is 4.32. The highest BCUT2D eigenvalue weighted by molar-refractivity contribution is 5.16. The average Bonchev–Trinajstić information content (AvgIpc) is 2.72. The molecule has 1 aliphatic rings. The molecule has 1 aromatic rings. The van der Waals surface area contributed by atoms with Gasteiger partial charge in [-0.05, 0) is 43.2 Å². The van der Waals surface area contributed by atoms with Crippen LogP contribution in [0.25, 0.3) is 0 Å². The first-order chi connectivity index (χ1) is 8.15. The number of aromatic nitrogens is 1. The number of hydrogen-bond acceptors (Lipinski definition) is 2. The second-order valence-corrected chi connectivity index (χ2v) is 5.57. The molecule has 2 heteroatoms. The van der Waals surface area contributed by atoms with Gasteiger partial charge in [-0.15, -0.1) is 0 Å². The van der Waals surface area contributed by atoms with Crippen LogP contribution in [0.1, 0.15) is 50.8 Å². The Balaban J connectivity index is 2.00. The van der Waals surface area contributed by atoms with Crippen molar-refractivity contribution in [3.05, 3.63) is 29.6 Å². The quantitative estimate of drug-likeness (QED) is 0.866. The highest BCUT2D eigenvalue weighted by atomic mass is 14.8. The Hall–Kier alpha value is -0.890. The third-order valence-electron chi connectivity index (χ3n) is 4.15. The van der Waals surface area contributed by atoms with Crippen LogP contribution in [0.3, 0.4) is 0 Å². The van der Waals surface area contributed by atoms with Gasteiger partial charge in [-0.25, -0.2) is 0 Å². The summed E-state index contributed by atoms with van der Waals surface area (Å²) in [5.74, 6) is 0.829. The molecule has 2 rings (SSSR count). The summed E-state index contributed by atoms with van der Waals surface area (Å²) in [7, 11) is 0. The molecule has 1 aromatic heterocycles. The molecule has 1 heterocycles. The van der Waals surface area contributed by atoms with Crippen LogP contribution in [0.15, 0.2) is 18.3 Å². The van der Waals surface area contributed by atoms with E-state index in [9.17, 15) is 0 Å². The zero-order valence-corrected chi connectivity index (χ0v) is 11.1. The Kier molecular flexibility index (Phi) is 3.82. The van der Waals surface area contributed by atoms with E-state index >= 15 is 0 Å². The SMILES string of the molecule is CCc1ccc(CC2(N)CCC(CC)C2)nc1. The molecular weight excluding hydrogens is 208 g/mol. The lowest BCUT2D eigenvalue weighted by Crippen LogP contribution is -2.39. The van der Waals surface area contributed by atoms with Gasteiger partial charge in [-0.3, -0.25) is 4.98 Å². The van der Waals surface area contributed by atoms with E-state index in [1.165, 1.54) is 24.8 Å². The fourth-order valence-electron chi connectivity index (χ4n) is 2.91. The number of nitrogens with two attached hydrogens (primary N) is 1. The minimum atomic E-state index is 0.00140. The maximum Gasteiger partial charge on any atom is 0.0422 e. The standard InChI is InChI=1S/C15H24N2/c1-3-12-7-8-15(16,9-12)10-14-6-5-13(4-2)11-17-14/h5-6,11-12H,3-4,7-10,16H2,1-2H3. The summed E-state index contributed by atoms with van der Waals surface area (Å²) in [5.41, 5.74) is 8.95. The number of pyridine rings is 1. The molecule has 17 heavy (non-hydrogen) atoms. The largest absolute Gasteiger partial charge is 0.325 e. The molecule has 2 nitrogen and oxygen atoms in total. The minimum absolute atomic E-state index is 0.00140. The molecule has 0 amide bonds. The van der Waals surface area contributed by atoms with Crippen molar-refractivity contribution in [1.29, 1.82) is 0 Å². The zero-order valence-electron chi connectivity index (χ0n) is 11.1. The van der Waals surface area contributed by atoms with Crippen molar-refractivity contribution in [2.24, 2.45) is 11.7 Å². The second-order valence-electron chi connectivity index (χ2n) is 5.57. The van der Waals surface area contributed by atoms with Crippen molar-refractivity contribution in [2.75, 3.05) is 0 Å². The van der Waals surface area contributed by atoms with E-state index in [1.54, 1.807) is 0 Å². The molecule has 2 unspecified atom stereocenters. The lowest BCUT2D eigenvalue weighted by Gasteiger charge is -2.23. The molecule has 0 aliphatic heterocycles. The highest BCUT2D eigenvalue weighted by Gasteiger charge is 2.35. The Bertz CT molecular complexity index is 358. The second kappa shape index (κ2) is 5.18. The third-order valence-corrected chi connectivity index (χ3v) is 4.15. The predicted octanol–water partition coefficient (Wildman–Crippen LogP) is 3.09. The first-order valence-electron chi connectivity index (χ1n) is 6.88. The van der Waals surface area contributed by atoms with Crippen LogP contribution < -0.4 is 5.73 Å². The zero-order chi connectivity index (χ0) is 12.3. The lowest BCUT2D eigenvalue weighted by molar-refractivity contribution is 0.403. The van der Waals surface area contributed by atoms with Gasteiger partial charge < -0.3 is 5.73 Å². The Morgan fingerprint density at radius 2 is 2.24 bits per heavy atom. The van der Waals surface area contributed by atoms with E-state index in [0.717, 1.165) is 30.9 Å². The molecule has 2 atom stereocenters. The molecule has 1 fully saturated rings. The summed E-state index contributed by atoms with van der Waals surface area (Å²) in [6.45, 7) is 4.43. The number of nitrogens with zero attached hydrogens (tertiary/aromatic N) is 1. The first kappa shape index (κ1) is 12.6. The molecule has 94 valence electrons. The molecule has 0 spiro atoms. The summed E-state index contributed by atoms with van der Waals surface area (Å²) in [5, 5.41) is 0. The monoisotopic (exact) mass is 232 g/mol. The van der Waals surface area contributed by atoms with Crippen LogP contribution in [0.4, 0.5) is 0 Å². The molecule has 0 saturated heterocycles. The van der Waals surface area contributed by atoms with Crippen molar-refractivity contribution >= 4 is 0 Å². The molecule has 2 N–H and O–H groups in total. The van der Waals surface area contributed by atoms with Gasteiger partial charge in [0, 0.05) is 23.9 Å². The Labute approximate surface area is 105 Å². The smallest absolute Gasteiger partial charge is 0.0422 e. The topological polar surface area (TPSA) is 38.9 Å². The molecule has 1 aliphatic carbocycles. The lowest BCUT2D eigenvalue weighted by atomic mass is 9.90. The van der Waals surface area contributed by atoms with Crippen molar-refractivity contribution in [3.63, 3.8) is 0 Å². The molecule has 0 radical (unpaired) electrons. The van der Waals surface area contributed by atoms with Crippen LogP contribution >= 0.6 is 0 Å². The van der Waals surface area contributed by atoms with Gasteiger partial charge in [0.05, 0.1) is 0 Å². The highest BCUT2D eigenvalue weighted by Crippen LogP contribution is 2.36. The van der Waals surface area contributed by atoms with Gasteiger partial charge >= 0.3 is 0 Å². The normalized spacial score (nSPS) is 28.5.